The van der Waals surface area contributed by atoms with Crippen molar-refractivity contribution in [1.29, 1.82) is 0 Å². The van der Waals surface area contributed by atoms with Crippen LogP contribution in [0.1, 0.15) is 37.7 Å². The number of rotatable bonds is 7. The van der Waals surface area contributed by atoms with Crippen molar-refractivity contribution >= 4 is 56.0 Å². The zero-order chi connectivity index (χ0) is 29.4. The molecule has 1 heterocycles. The molecule has 1 aliphatic heterocycles. The molecule has 1 saturated carbocycles. The van der Waals surface area contributed by atoms with Gasteiger partial charge in [-0.25, -0.2) is 13.2 Å². The van der Waals surface area contributed by atoms with Gasteiger partial charge in [-0.3, -0.25) is 9.59 Å². The zero-order valence-corrected chi connectivity index (χ0v) is 24.1. The van der Waals surface area contributed by atoms with Crippen LogP contribution in [0.3, 0.4) is 0 Å². The summed E-state index contributed by atoms with van der Waals surface area (Å²) < 4.78 is 28.8. The van der Waals surface area contributed by atoms with Crippen molar-refractivity contribution in [1.82, 2.24) is 4.90 Å². The minimum absolute atomic E-state index is 0.0878. The largest absolute Gasteiger partial charge is 0.480 e. The number of carboxylic acid groups (broad SMARTS) is 1. The van der Waals surface area contributed by atoms with Crippen molar-refractivity contribution in [2.45, 2.75) is 54.3 Å². The molecule has 2 amide bonds. The van der Waals surface area contributed by atoms with E-state index in [2.05, 4.69) is 17.9 Å². The van der Waals surface area contributed by atoms with E-state index in [4.69, 9.17) is 5.73 Å². The molecule has 2 aliphatic rings. The lowest BCUT2D eigenvalue weighted by Gasteiger charge is -2.46. The third-order valence-corrected chi connectivity index (χ3v) is 10.7. The lowest BCUT2D eigenvalue weighted by molar-refractivity contribution is -0.156. The van der Waals surface area contributed by atoms with E-state index in [0.29, 0.717) is 16.6 Å². The van der Waals surface area contributed by atoms with Crippen LogP contribution in [0, 0.1) is 11.8 Å². The van der Waals surface area contributed by atoms with Crippen LogP contribution < -0.4 is 11.1 Å². The Morgan fingerprint density at radius 2 is 1.68 bits per heavy atom. The number of nitrogens with one attached hydrogen (secondary N) is 1. The summed E-state index contributed by atoms with van der Waals surface area (Å²) in [6.45, 7) is 0.141. The number of hydrogen-bond donors (Lipinski definition) is 4. The fourth-order valence-corrected chi connectivity index (χ4v) is 8.13. The maximum atomic E-state index is 14.4. The summed E-state index contributed by atoms with van der Waals surface area (Å²) in [5, 5.41) is 13.5. The van der Waals surface area contributed by atoms with E-state index in [1.165, 1.54) is 23.1 Å². The van der Waals surface area contributed by atoms with Crippen LogP contribution in [0.15, 0.2) is 71.6 Å². The number of hydrogen-bond acceptors (Lipinski definition) is 6. The molecule has 0 spiro atoms. The Labute approximate surface area is 244 Å². The topological polar surface area (TPSA) is 147 Å². The van der Waals surface area contributed by atoms with Crippen LogP contribution in [-0.2, 0) is 25.8 Å². The molecule has 9 nitrogen and oxygen atoms in total. The molecular weight excluding hydrogens is 562 g/mol. The minimum atomic E-state index is -4.56. The molecule has 0 radical (unpaired) electrons. The lowest BCUT2D eigenvalue weighted by Crippen LogP contribution is -2.66. The SMILES string of the molecule is N[C@@](Cc1cccc(NC(=O)S)c1)(C(=O)N1CC2CCCCC2CC1C(=O)O)S(=O)(=O)c1ccc2ccccc2c1. The van der Waals surface area contributed by atoms with Crippen LogP contribution in [0.4, 0.5) is 10.5 Å². The maximum absolute atomic E-state index is 14.4. The average Bonchev–Trinajstić information content (AvgIpc) is 2.95. The summed E-state index contributed by atoms with van der Waals surface area (Å²) in [5.41, 5.74) is 7.50. The van der Waals surface area contributed by atoms with Crippen molar-refractivity contribution in [2.75, 3.05) is 11.9 Å². The van der Waals surface area contributed by atoms with Crippen LogP contribution >= 0.6 is 12.6 Å². The van der Waals surface area contributed by atoms with Crippen LogP contribution in [-0.4, -0.2) is 53.0 Å². The molecule has 5 rings (SSSR count). The first-order chi connectivity index (χ1) is 19.5. The highest BCUT2D eigenvalue weighted by Crippen LogP contribution is 2.40. The normalized spacial score (nSPS) is 22.4. The molecule has 3 unspecified atom stereocenters. The van der Waals surface area contributed by atoms with Crippen molar-refractivity contribution in [2.24, 2.45) is 17.6 Å². The van der Waals surface area contributed by atoms with E-state index < -0.39 is 44.3 Å². The van der Waals surface area contributed by atoms with E-state index in [1.54, 1.807) is 36.4 Å². The Balaban J connectivity index is 1.60. The third kappa shape index (κ3) is 5.71. The number of likely N-dealkylation sites (tertiary alicyclic amines) is 1. The predicted molar refractivity (Wildman–Crippen MR) is 159 cm³/mol. The van der Waals surface area contributed by atoms with Gasteiger partial charge in [0.1, 0.15) is 6.04 Å². The number of carbonyl (C=O) groups excluding carboxylic acids is 2. The number of sulfone groups is 1. The van der Waals surface area contributed by atoms with Crippen LogP contribution in [0.5, 0.6) is 0 Å². The van der Waals surface area contributed by atoms with Gasteiger partial charge in [-0.2, -0.15) is 0 Å². The summed E-state index contributed by atoms with van der Waals surface area (Å²) in [6.07, 6.45) is 3.56. The van der Waals surface area contributed by atoms with Gasteiger partial charge in [0.05, 0.1) is 4.90 Å². The number of carboxylic acids is 1. The molecule has 11 heteroatoms. The molecule has 216 valence electrons. The van der Waals surface area contributed by atoms with Gasteiger partial charge in [-0.1, -0.05) is 74.4 Å². The molecule has 1 aliphatic carbocycles. The molecule has 3 aromatic rings. The minimum Gasteiger partial charge on any atom is -0.480 e. The Kier molecular flexibility index (Phi) is 8.13. The Bertz CT molecular complexity index is 1610. The summed E-state index contributed by atoms with van der Waals surface area (Å²) in [6, 6.07) is 17.0. The summed E-state index contributed by atoms with van der Waals surface area (Å²) in [5.74, 6) is -1.86. The lowest BCUT2D eigenvalue weighted by atomic mass is 9.72. The molecule has 41 heavy (non-hydrogen) atoms. The van der Waals surface area contributed by atoms with E-state index in [1.807, 2.05) is 12.1 Å². The standard InChI is InChI=1S/C30H33N3O6S2/c31-30(17-19-6-5-11-24(14-19)32-29(37)40,41(38,39)25-13-12-20-7-1-2-8-21(20)15-25)28(36)33-18-23-10-4-3-9-22(23)16-26(33)27(34)35/h1-2,5-8,11-15,22-23,26H,3-4,9-10,16-18,31H2,(H,34,35)(H2,32,37,40)/t22?,23?,26?,30-/m1/s1. The van der Waals surface area contributed by atoms with Gasteiger partial charge in [-0.15, -0.1) is 0 Å². The maximum Gasteiger partial charge on any atom is 0.326 e. The Morgan fingerprint density at radius 1 is 0.976 bits per heavy atom. The molecule has 0 aromatic heterocycles. The van der Waals surface area contributed by atoms with Crippen LogP contribution in [0.25, 0.3) is 10.8 Å². The zero-order valence-electron chi connectivity index (χ0n) is 22.4. The number of thiol groups is 1. The highest BCUT2D eigenvalue weighted by atomic mass is 32.2. The van der Waals surface area contributed by atoms with E-state index >= 15 is 0 Å². The number of anilines is 1. The summed E-state index contributed by atoms with van der Waals surface area (Å²) >= 11 is 3.73. The van der Waals surface area contributed by atoms with Crippen molar-refractivity contribution in [3.05, 3.63) is 72.3 Å². The van der Waals surface area contributed by atoms with Gasteiger partial charge in [0.2, 0.25) is 14.7 Å². The van der Waals surface area contributed by atoms with Crippen molar-refractivity contribution in [3.63, 3.8) is 0 Å². The number of benzene rings is 3. The number of carbonyl (C=O) groups is 3. The summed E-state index contributed by atoms with van der Waals surface area (Å²) in [4.78, 5) is 36.9. The molecule has 1 saturated heterocycles. The number of aliphatic carboxylic acids is 1. The Hall–Kier alpha value is -3.41. The number of nitrogens with two attached hydrogens (primary N) is 1. The Morgan fingerprint density at radius 3 is 2.39 bits per heavy atom. The first kappa shape index (κ1) is 29.1. The van der Waals surface area contributed by atoms with E-state index in [0.717, 1.165) is 31.1 Å². The third-order valence-electron chi connectivity index (χ3n) is 8.46. The van der Waals surface area contributed by atoms with Crippen LogP contribution in [0.2, 0.25) is 0 Å². The highest BCUT2D eigenvalue weighted by Gasteiger charge is 2.54. The molecular formula is C30H33N3O6S2. The van der Waals surface area contributed by atoms with Gasteiger partial charge in [0.25, 0.3) is 11.1 Å². The molecule has 4 atom stereocenters. The van der Waals surface area contributed by atoms with Crippen molar-refractivity contribution < 1.29 is 27.9 Å². The second kappa shape index (κ2) is 11.5. The molecule has 0 bridgehead atoms. The average molecular weight is 596 g/mol. The first-order valence-corrected chi connectivity index (χ1v) is 15.6. The highest BCUT2D eigenvalue weighted by molar-refractivity contribution is 7.96. The van der Waals surface area contributed by atoms with E-state index in [-0.39, 0.29) is 29.7 Å². The molecule has 3 aromatic carbocycles. The first-order valence-electron chi connectivity index (χ1n) is 13.6. The number of fused-ring (bicyclic) bond motifs is 2. The van der Waals surface area contributed by atoms with E-state index in [9.17, 15) is 27.9 Å². The fraction of sp³-hybridized carbons (Fsp3) is 0.367. The number of piperidine rings is 1. The van der Waals surface area contributed by atoms with Gasteiger partial charge in [0, 0.05) is 18.7 Å². The predicted octanol–water partition coefficient (Wildman–Crippen LogP) is 4.46. The smallest absolute Gasteiger partial charge is 0.326 e. The number of amides is 2. The quantitative estimate of drug-likeness (QED) is 0.295. The van der Waals surface area contributed by atoms with Gasteiger partial charge >= 0.3 is 5.97 Å². The van der Waals surface area contributed by atoms with Gasteiger partial charge in [0.15, 0.2) is 0 Å². The molecule has 4 N–H and O–H groups in total. The van der Waals surface area contributed by atoms with Crippen molar-refractivity contribution in [3.8, 4) is 0 Å². The second-order valence-electron chi connectivity index (χ2n) is 11.1. The summed E-state index contributed by atoms with van der Waals surface area (Å²) in [7, 11) is -4.56. The second-order valence-corrected chi connectivity index (χ2v) is 13.7. The number of nitrogens with zero attached hydrogens (tertiary/aromatic N) is 1. The van der Waals surface area contributed by atoms with Gasteiger partial charge in [-0.05, 0) is 65.3 Å². The molecule has 2 fully saturated rings. The monoisotopic (exact) mass is 595 g/mol. The van der Waals surface area contributed by atoms with Gasteiger partial charge < -0.3 is 21.1 Å². The fourth-order valence-electron chi connectivity index (χ4n) is 6.35.